The van der Waals surface area contributed by atoms with Gasteiger partial charge in [0.05, 0.1) is 0 Å². The third-order valence-electron chi connectivity index (χ3n) is 4.63. The highest BCUT2D eigenvalue weighted by atomic mass is 15.2. The van der Waals surface area contributed by atoms with Gasteiger partial charge >= 0.3 is 0 Å². The SMILES string of the molecule is CC1CC(NC2CCCN(C)CC2)CCN1C. The lowest BCUT2D eigenvalue weighted by molar-refractivity contribution is 0.160. The third-order valence-corrected chi connectivity index (χ3v) is 4.63. The van der Waals surface area contributed by atoms with E-state index in [1.807, 2.05) is 0 Å². The minimum atomic E-state index is 0.745. The topological polar surface area (TPSA) is 18.5 Å². The molecule has 0 aromatic carbocycles. The highest BCUT2D eigenvalue weighted by Crippen LogP contribution is 2.18. The first-order valence-electron chi connectivity index (χ1n) is 7.30. The van der Waals surface area contributed by atoms with Crippen LogP contribution in [0.25, 0.3) is 0 Å². The average molecular weight is 239 g/mol. The molecule has 17 heavy (non-hydrogen) atoms. The lowest BCUT2D eigenvalue weighted by Gasteiger charge is -2.37. The smallest absolute Gasteiger partial charge is 0.00966 e. The molecule has 2 fully saturated rings. The summed E-state index contributed by atoms with van der Waals surface area (Å²) in [6.07, 6.45) is 6.70. The lowest BCUT2D eigenvalue weighted by atomic mass is 9.97. The summed E-state index contributed by atoms with van der Waals surface area (Å²) < 4.78 is 0. The Balaban J connectivity index is 1.76. The summed E-state index contributed by atoms with van der Waals surface area (Å²) >= 11 is 0. The van der Waals surface area contributed by atoms with Crippen molar-refractivity contribution in [3.63, 3.8) is 0 Å². The Kier molecular flexibility index (Phi) is 4.83. The van der Waals surface area contributed by atoms with E-state index in [1.165, 1.54) is 51.7 Å². The normalized spacial score (nSPS) is 37.9. The predicted octanol–water partition coefficient (Wildman–Crippen LogP) is 1.54. The molecule has 2 aliphatic rings. The number of hydrogen-bond acceptors (Lipinski definition) is 3. The average Bonchev–Trinajstić information content (AvgIpc) is 2.49. The van der Waals surface area contributed by atoms with Gasteiger partial charge in [-0.25, -0.2) is 0 Å². The van der Waals surface area contributed by atoms with Gasteiger partial charge in [0.1, 0.15) is 0 Å². The van der Waals surface area contributed by atoms with Crippen molar-refractivity contribution in [2.45, 2.75) is 57.2 Å². The van der Waals surface area contributed by atoms with Crippen LogP contribution in [0.2, 0.25) is 0 Å². The summed E-state index contributed by atoms with van der Waals surface area (Å²) in [5.74, 6) is 0. The highest BCUT2D eigenvalue weighted by Gasteiger charge is 2.25. The largest absolute Gasteiger partial charge is 0.311 e. The van der Waals surface area contributed by atoms with Gasteiger partial charge in [-0.15, -0.1) is 0 Å². The number of likely N-dealkylation sites (tertiary alicyclic amines) is 2. The van der Waals surface area contributed by atoms with Crippen LogP contribution in [0.3, 0.4) is 0 Å². The molecule has 3 nitrogen and oxygen atoms in total. The molecule has 0 radical (unpaired) electrons. The van der Waals surface area contributed by atoms with E-state index in [9.17, 15) is 0 Å². The summed E-state index contributed by atoms with van der Waals surface area (Å²) in [6.45, 7) is 6.15. The van der Waals surface area contributed by atoms with E-state index in [-0.39, 0.29) is 0 Å². The zero-order valence-corrected chi connectivity index (χ0v) is 11.8. The van der Waals surface area contributed by atoms with Gasteiger partial charge in [-0.05, 0) is 72.8 Å². The molecule has 2 rings (SSSR count). The first-order valence-corrected chi connectivity index (χ1v) is 7.30. The van der Waals surface area contributed by atoms with Crippen molar-refractivity contribution in [3.05, 3.63) is 0 Å². The second-order valence-electron chi connectivity index (χ2n) is 6.15. The summed E-state index contributed by atoms with van der Waals surface area (Å²) in [7, 11) is 4.50. The van der Waals surface area contributed by atoms with Crippen molar-refractivity contribution in [3.8, 4) is 0 Å². The Hall–Kier alpha value is -0.120. The number of piperidine rings is 1. The minimum Gasteiger partial charge on any atom is -0.311 e. The molecule has 3 unspecified atom stereocenters. The van der Waals surface area contributed by atoms with Gasteiger partial charge in [-0.3, -0.25) is 0 Å². The van der Waals surface area contributed by atoms with Crippen LogP contribution in [0.15, 0.2) is 0 Å². The van der Waals surface area contributed by atoms with Crippen LogP contribution in [0.5, 0.6) is 0 Å². The summed E-state index contributed by atoms with van der Waals surface area (Å²) in [4.78, 5) is 4.96. The molecular weight excluding hydrogens is 210 g/mol. The maximum absolute atomic E-state index is 3.92. The molecule has 2 aliphatic heterocycles. The fourth-order valence-electron chi connectivity index (χ4n) is 3.18. The van der Waals surface area contributed by atoms with E-state index in [2.05, 4.69) is 36.1 Å². The molecule has 0 amide bonds. The molecule has 0 aromatic rings. The van der Waals surface area contributed by atoms with E-state index in [0.29, 0.717) is 0 Å². The fourth-order valence-corrected chi connectivity index (χ4v) is 3.18. The van der Waals surface area contributed by atoms with E-state index in [1.54, 1.807) is 0 Å². The van der Waals surface area contributed by atoms with Crippen molar-refractivity contribution in [1.29, 1.82) is 0 Å². The molecule has 0 spiro atoms. The molecule has 3 atom stereocenters. The van der Waals surface area contributed by atoms with Gasteiger partial charge in [-0.1, -0.05) is 0 Å². The number of nitrogens with zero attached hydrogens (tertiary/aromatic N) is 2. The van der Waals surface area contributed by atoms with Gasteiger partial charge in [-0.2, -0.15) is 0 Å². The second kappa shape index (κ2) is 6.17. The van der Waals surface area contributed by atoms with Crippen molar-refractivity contribution in [1.82, 2.24) is 15.1 Å². The van der Waals surface area contributed by atoms with Gasteiger partial charge < -0.3 is 15.1 Å². The Morgan fingerprint density at radius 2 is 1.71 bits per heavy atom. The Morgan fingerprint density at radius 1 is 0.941 bits per heavy atom. The van der Waals surface area contributed by atoms with Gasteiger partial charge in [0.2, 0.25) is 0 Å². The molecule has 100 valence electrons. The van der Waals surface area contributed by atoms with Crippen LogP contribution in [0.4, 0.5) is 0 Å². The number of nitrogens with one attached hydrogen (secondary N) is 1. The Bertz CT molecular complexity index is 230. The third kappa shape index (κ3) is 3.94. The second-order valence-corrected chi connectivity index (χ2v) is 6.15. The quantitative estimate of drug-likeness (QED) is 0.788. The number of rotatable bonds is 2. The highest BCUT2D eigenvalue weighted by molar-refractivity contribution is 4.85. The molecular formula is C14H29N3. The predicted molar refractivity (Wildman–Crippen MR) is 73.4 cm³/mol. The lowest BCUT2D eigenvalue weighted by Crippen LogP contribution is -2.48. The molecule has 0 bridgehead atoms. The van der Waals surface area contributed by atoms with E-state index in [4.69, 9.17) is 0 Å². The van der Waals surface area contributed by atoms with Crippen LogP contribution in [-0.4, -0.2) is 61.7 Å². The standard InChI is InChI=1S/C14H29N3/c1-12-11-14(7-10-17(12)3)15-13-5-4-8-16(2)9-6-13/h12-15H,4-11H2,1-3H3. The molecule has 3 heteroatoms. The van der Waals surface area contributed by atoms with Gasteiger partial charge in [0.25, 0.3) is 0 Å². The van der Waals surface area contributed by atoms with Crippen LogP contribution in [-0.2, 0) is 0 Å². The van der Waals surface area contributed by atoms with E-state index < -0.39 is 0 Å². The zero-order chi connectivity index (χ0) is 12.3. The summed E-state index contributed by atoms with van der Waals surface area (Å²) in [6, 6.07) is 2.27. The fraction of sp³-hybridized carbons (Fsp3) is 1.00. The summed E-state index contributed by atoms with van der Waals surface area (Å²) in [5.41, 5.74) is 0. The maximum atomic E-state index is 3.92. The van der Waals surface area contributed by atoms with Crippen molar-refractivity contribution in [2.75, 3.05) is 33.7 Å². The molecule has 2 saturated heterocycles. The molecule has 0 aliphatic carbocycles. The van der Waals surface area contributed by atoms with E-state index in [0.717, 1.165) is 18.1 Å². The van der Waals surface area contributed by atoms with Crippen LogP contribution in [0, 0.1) is 0 Å². The first-order chi connectivity index (χ1) is 8.15. The summed E-state index contributed by atoms with van der Waals surface area (Å²) in [5, 5.41) is 3.92. The van der Waals surface area contributed by atoms with Gasteiger partial charge in [0, 0.05) is 18.1 Å². The van der Waals surface area contributed by atoms with E-state index >= 15 is 0 Å². The zero-order valence-electron chi connectivity index (χ0n) is 11.8. The molecule has 1 N–H and O–H groups in total. The molecule has 0 aromatic heterocycles. The Morgan fingerprint density at radius 3 is 2.47 bits per heavy atom. The minimum absolute atomic E-state index is 0.745. The molecule has 2 heterocycles. The van der Waals surface area contributed by atoms with Gasteiger partial charge in [0.15, 0.2) is 0 Å². The molecule has 0 saturated carbocycles. The Labute approximate surface area is 107 Å². The first kappa shape index (κ1) is 13.3. The number of hydrogen-bond donors (Lipinski definition) is 1. The van der Waals surface area contributed by atoms with Crippen molar-refractivity contribution >= 4 is 0 Å². The monoisotopic (exact) mass is 239 g/mol. The maximum Gasteiger partial charge on any atom is 0.00966 e. The van der Waals surface area contributed by atoms with Crippen LogP contribution < -0.4 is 5.32 Å². The van der Waals surface area contributed by atoms with Crippen molar-refractivity contribution < 1.29 is 0 Å². The van der Waals surface area contributed by atoms with Crippen molar-refractivity contribution in [2.24, 2.45) is 0 Å². The van der Waals surface area contributed by atoms with Crippen LogP contribution >= 0.6 is 0 Å². The van der Waals surface area contributed by atoms with Crippen LogP contribution in [0.1, 0.15) is 39.0 Å².